The number of methoxy groups -OCH3 is 1. The van der Waals surface area contributed by atoms with Crippen LogP contribution in [-0.4, -0.2) is 18.9 Å². The van der Waals surface area contributed by atoms with Gasteiger partial charge in [-0.2, -0.15) is 0 Å². The largest absolute Gasteiger partial charge is 0.468 e. The van der Waals surface area contributed by atoms with Crippen LogP contribution in [0.1, 0.15) is 21.7 Å². The molecule has 0 aromatic carbocycles. The predicted molar refractivity (Wildman–Crippen MR) is 52.5 cm³/mol. The molecular formula is C10H10O3S. The highest BCUT2D eigenvalue weighted by Crippen LogP contribution is 2.29. The molecule has 0 fully saturated rings. The van der Waals surface area contributed by atoms with E-state index in [-0.39, 0.29) is 5.78 Å². The summed E-state index contributed by atoms with van der Waals surface area (Å²) in [6.45, 7) is 0. The van der Waals surface area contributed by atoms with Gasteiger partial charge in [0.2, 0.25) is 0 Å². The smallest absolute Gasteiger partial charge is 0.316 e. The monoisotopic (exact) mass is 210 g/mol. The van der Waals surface area contributed by atoms with E-state index in [0.29, 0.717) is 6.42 Å². The average molecular weight is 210 g/mol. The number of hydrogen-bond acceptors (Lipinski definition) is 4. The molecule has 0 saturated heterocycles. The molecule has 1 atom stereocenters. The van der Waals surface area contributed by atoms with E-state index >= 15 is 0 Å². The Morgan fingerprint density at radius 1 is 1.64 bits per heavy atom. The number of Topliss-reactive ketones (excluding diaryl/α,β-unsaturated/α-hetero) is 1. The van der Waals surface area contributed by atoms with Crippen LogP contribution >= 0.6 is 11.3 Å². The molecule has 2 rings (SSSR count). The first kappa shape index (κ1) is 9.40. The van der Waals surface area contributed by atoms with Crippen molar-refractivity contribution in [3.63, 3.8) is 0 Å². The Labute approximate surface area is 85.7 Å². The first-order chi connectivity index (χ1) is 6.74. The van der Waals surface area contributed by atoms with Gasteiger partial charge in [0.15, 0.2) is 5.78 Å². The second-order valence-electron chi connectivity index (χ2n) is 3.25. The van der Waals surface area contributed by atoms with Crippen molar-refractivity contribution < 1.29 is 14.3 Å². The maximum Gasteiger partial charge on any atom is 0.316 e. The predicted octanol–water partition coefficient (Wildman–Crippen LogP) is 1.67. The normalized spacial score (nSPS) is 20.4. The highest BCUT2D eigenvalue weighted by atomic mass is 32.1. The standard InChI is InChI=1S/C10H10O3S/c1-13-10(12)7-3-2-6-4-5-14-9(6)8(7)11/h4-5,7H,2-3H2,1H3. The van der Waals surface area contributed by atoms with Crippen LogP contribution in [0.4, 0.5) is 0 Å². The Morgan fingerprint density at radius 3 is 3.14 bits per heavy atom. The lowest BCUT2D eigenvalue weighted by atomic mass is 9.88. The SMILES string of the molecule is COC(=O)C1CCc2ccsc2C1=O. The van der Waals surface area contributed by atoms with Crippen LogP contribution in [0, 0.1) is 5.92 Å². The molecule has 0 N–H and O–H groups in total. The van der Waals surface area contributed by atoms with Gasteiger partial charge < -0.3 is 4.74 Å². The van der Waals surface area contributed by atoms with E-state index in [1.165, 1.54) is 18.4 Å². The summed E-state index contributed by atoms with van der Waals surface area (Å²) in [5.74, 6) is -1.06. The summed E-state index contributed by atoms with van der Waals surface area (Å²) in [7, 11) is 1.32. The second kappa shape index (κ2) is 3.53. The highest BCUT2D eigenvalue weighted by Gasteiger charge is 2.34. The fourth-order valence-corrected chi connectivity index (χ4v) is 2.65. The van der Waals surface area contributed by atoms with E-state index in [0.717, 1.165) is 16.9 Å². The molecule has 14 heavy (non-hydrogen) atoms. The first-order valence-electron chi connectivity index (χ1n) is 4.42. The summed E-state index contributed by atoms with van der Waals surface area (Å²) in [5.41, 5.74) is 1.07. The van der Waals surface area contributed by atoms with Crippen molar-refractivity contribution in [3.8, 4) is 0 Å². The third kappa shape index (κ3) is 1.35. The zero-order valence-corrected chi connectivity index (χ0v) is 8.60. The Morgan fingerprint density at radius 2 is 2.43 bits per heavy atom. The summed E-state index contributed by atoms with van der Waals surface area (Å²) in [6, 6.07) is 1.95. The number of thiophene rings is 1. The molecule has 1 aliphatic rings. The third-order valence-corrected chi connectivity index (χ3v) is 3.45. The molecule has 0 spiro atoms. The number of rotatable bonds is 1. The van der Waals surface area contributed by atoms with Crippen LogP contribution in [0.2, 0.25) is 0 Å². The molecule has 0 saturated carbocycles. The van der Waals surface area contributed by atoms with Crippen LogP contribution < -0.4 is 0 Å². The molecule has 1 unspecified atom stereocenters. The zero-order valence-electron chi connectivity index (χ0n) is 7.78. The fourth-order valence-electron chi connectivity index (χ4n) is 1.71. The Balaban J connectivity index is 2.30. The Hall–Kier alpha value is -1.16. The van der Waals surface area contributed by atoms with E-state index in [1.807, 2.05) is 11.4 Å². The van der Waals surface area contributed by atoms with E-state index in [4.69, 9.17) is 0 Å². The van der Waals surface area contributed by atoms with Crippen LogP contribution in [0.25, 0.3) is 0 Å². The number of fused-ring (bicyclic) bond motifs is 1. The lowest BCUT2D eigenvalue weighted by molar-refractivity contribution is -0.143. The van der Waals surface area contributed by atoms with Gasteiger partial charge in [0, 0.05) is 0 Å². The zero-order chi connectivity index (χ0) is 10.1. The molecular weight excluding hydrogens is 200 g/mol. The van der Waals surface area contributed by atoms with Gasteiger partial charge in [0.25, 0.3) is 0 Å². The first-order valence-corrected chi connectivity index (χ1v) is 5.30. The summed E-state index contributed by atoms with van der Waals surface area (Å²) in [6.07, 6.45) is 1.37. The molecule has 0 radical (unpaired) electrons. The maximum atomic E-state index is 11.8. The van der Waals surface area contributed by atoms with Crippen molar-refractivity contribution in [2.45, 2.75) is 12.8 Å². The van der Waals surface area contributed by atoms with E-state index in [9.17, 15) is 9.59 Å². The number of esters is 1. The number of hydrogen-bond donors (Lipinski definition) is 0. The molecule has 1 aliphatic carbocycles. The Kier molecular flexibility index (Phi) is 2.37. The van der Waals surface area contributed by atoms with Gasteiger partial charge in [-0.25, -0.2) is 0 Å². The maximum absolute atomic E-state index is 11.8. The summed E-state index contributed by atoms with van der Waals surface area (Å²) >= 11 is 1.41. The summed E-state index contributed by atoms with van der Waals surface area (Å²) < 4.78 is 4.60. The molecule has 0 amide bonds. The topological polar surface area (TPSA) is 43.4 Å². The van der Waals surface area contributed by atoms with Crippen molar-refractivity contribution >= 4 is 23.1 Å². The van der Waals surface area contributed by atoms with Crippen molar-refractivity contribution in [3.05, 3.63) is 21.9 Å². The number of carbonyl (C=O) groups excluding carboxylic acids is 2. The third-order valence-electron chi connectivity index (χ3n) is 2.48. The molecule has 74 valence electrons. The van der Waals surface area contributed by atoms with Crippen LogP contribution in [0.3, 0.4) is 0 Å². The number of ketones is 1. The molecule has 0 aliphatic heterocycles. The van der Waals surface area contributed by atoms with Crippen molar-refractivity contribution in [2.24, 2.45) is 5.92 Å². The van der Waals surface area contributed by atoms with Gasteiger partial charge in [-0.15, -0.1) is 11.3 Å². The molecule has 1 aromatic heterocycles. The molecule has 1 aromatic rings. The van der Waals surface area contributed by atoms with Gasteiger partial charge >= 0.3 is 5.97 Å². The highest BCUT2D eigenvalue weighted by molar-refractivity contribution is 7.12. The Bertz CT molecular complexity index is 380. The minimum Gasteiger partial charge on any atom is -0.468 e. The molecule has 4 heteroatoms. The lowest BCUT2D eigenvalue weighted by Gasteiger charge is -2.18. The van der Waals surface area contributed by atoms with Gasteiger partial charge in [-0.05, 0) is 29.9 Å². The average Bonchev–Trinajstić information content (AvgIpc) is 2.66. The summed E-state index contributed by atoms with van der Waals surface area (Å²) in [5, 5.41) is 1.89. The van der Waals surface area contributed by atoms with Gasteiger partial charge in [-0.3, -0.25) is 9.59 Å². The quantitative estimate of drug-likeness (QED) is 0.523. The van der Waals surface area contributed by atoms with E-state index in [1.54, 1.807) is 0 Å². The van der Waals surface area contributed by atoms with Gasteiger partial charge in [-0.1, -0.05) is 0 Å². The summed E-state index contributed by atoms with van der Waals surface area (Å²) in [4.78, 5) is 23.8. The van der Waals surface area contributed by atoms with Crippen LogP contribution in [-0.2, 0) is 16.0 Å². The molecule has 0 bridgehead atoms. The lowest BCUT2D eigenvalue weighted by Crippen LogP contribution is -2.29. The fraction of sp³-hybridized carbons (Fsp3) is 0.400. The second-order valence-corrected chi connectivity index (χ2v) is 4.17. The molecule has 1 heterocycles. The minimum absolute atomic E-state index is 0.0758. The van der Waals surface area contributed by atoms with Crippen molar-refractivity contribution in [1.82, 2.24) is 0 Å². The van der Waals surface area contributed by atoms with E-state index in [2.05, 4.69) is 4.74 Å². The minimum atomic E-state index is -0.578. The van der Waals surface area contributed by atoms with Crippen LogP contribution in [0.15, 0.2) is 11.4 Å². The van der Waals surface area contributed by atoms with Crippen LogP contribution in [0.5, 0.6) is 0 Å². The van der Waals surface area contributed by atoms with Crippen molar-refractivity contribution in [2.75, 3.05) is 7.11 Å². The molecule has 3 nitrogen and oxygen atoms in total. The van der Waals surface area contributed by atoms with Gasteiger partial charge in [0.1, 0.15) is 5.92 Å². The number of carbonyl (C=O) groups is 2. The number of aryl methyl sites for hydroxylation is 1. The van der Waals surface area contributed by atoms with Gasteiger partial charge in [0.05, 0.1) is 12.0 Å². The van der Waals surface area contributed by atoms with Crippen molar-refractivity contribution in [1.29, 1.82) is 0 Å². The number of ether oxygens (including phenoxy) is 1. The van der Waals surface area contributed by atoms with E-state index < -0.39 is 11.9 Å².